The number of rotatable bonds is 5. The van der Waals surface area contributed by atoms with Crippen LogP contribution in [0.5, 0.6) is 0 Å². The van der Waals surface area contributed by atoms with E-state index in [1.54, 1.807) is 4.68 Å². The minimum Gasteiger partial charge on any atom is -0.337 e. The number of hydrogen-bond acceptors (Lipinski definition) is 3. The van der Waals surface area contributed by atoms with Crippen molar-refractivity contribution in [1.29, 1.82) is 0 Å². The van der Waals surface area contributed by atoms with Crippen LogP contribution >= 0.6 is 0 Å². The SMILES string of the molecule is CCn1ccc(C(=O)N2CCCC(Cc3ncc(C)n3C(C)C)C2)n1. The number of piperidine rings is 1. The van der Waals surface area contributed by atoms with Gasteiger partial charge in [0.1, 0.15) is 11.5 Å². The summed E-state index contributed by atoms with van der Waals surface area (Å²) in [6.07, 6.45) is 6.96. The van der Waals surface area contributed by atoms with Crippen molar-refractivity contribution in [2.45, 2.75) is 59.5 Å². The molecule has 6 heteroatoms. The van der Waals surface area contributed by atoms with Gasteiger partial charge in [-0.25, -0.2) is 4.98 Å². The third-order valence-corrected chi connectivity index (χ3v) is 5.04. The molecule has 1 unspecified atom stereocenters. The van der Waals surface area contributed by atoms with Gasteiger partial charge in [-0.3, -0.25) is 9.48 Å². The monoisotopic (exact) mass is 343 g/mol. The van der Waals surface area contributed by atoms with Crippen molar-refractivity contribution in [3.63, 3.8) is 0 Å². The highest BCUT2D eigenvalue weighted by atomic mass is 16.2. The van der Waals surface area contributed by atoms with Crippen molar-refractivity contribution >= 4 is 5.91 Å². The molecule has 1 amide bonds. The van der Waals surface area contributed by atoms with E-state index in [1.165, 1.54) is 5.69 Å². The molecule has 3 rings (SSSR count). The Morgan fingerprint density at radius 1 is 1.40 bits per heavy atom. The summed E-state index contributed by atoms with van der Waals surface area (Å²) in [6.45, 7) is 10.9. The summed E-state index contributed by atoms with van der Waals surface area (Å²) in [4.78, 5) is 19.3. The molecule has 2 aromatic heterocycles. The van der Waals surface area contributed by atoms with E-state index in [4.69, 9.17) is 0 Å². The summed E-state index contributed by atoms with van der Waals surface area (Å²) in [5, 5.41) is 4.36. The van der Waals surface area contributed by atoms with Crippen LogP contribution in [0, 0.1) is 12.8 Å². The fourth-order valence-electron chi connectivity index (χ4n) is 3.84. The highest BCUT2D eigenvalue weighted by Crippen LogP contribution is 2.23. The van der Waals surface area contributed by atoms with Crippen LogP contribution in [-0.4, -0.2) is 43.2 Å². The second kappa shape index (κ2) is 7.42. The summed E-state index contributed by atoms with van der Waals surface area (Å²) in [5.41, 5.74) is 1.76. The molecule has 1 fully saturated rings. The minimum atomic E-state index is 0.0558. The molecule has 3 heterocycles. The number of imidazole rings is 1. The predicted molar refractivity (Wildman–Crippen MR) is 97.6 cm³/mol. The Labute approximate surface area is 149 Å². The molecule has 0 spiro atoms. The number of nitrogens with zero attached hydrogens (tertiary/aromatic N) is 5. The van der Waals surface area contributed by atoms with E-state index in [-0.39, 0.29) is 5.91 Å². The molecule has 0 N–H and O–H groups in total. The van der Waals surface area contributed by atoms with Crippen LogP contribution < -0.4 is 0 Å². The Kier molecular flexibility index (Phi) is 5.25. The second-order valence-corrected chi connectivity index (χ2v) is 7.30. The van der Waals surface area contributed by atoms with Crippen molar-refractivity contribution in [2.75, 3.05) is 13.1 Å². The van der Waals surface area contributed by atoms with Gasteiger partial charge in [0, 0.05) is 50.2 Å². The molecule has 1 aliphatic heterocycles. The Morgan fingerprint density at radius 3 is 2.88 bits per heavy atom. The Bertz CT molecular complexity index is 730. The number of likely N-dealkylation sites (tertiary alicyclic amines) is 1. The topological polar surface area (TPSA) is 56.0 Å². The van der Waals surface area contributed by atoms with Gasteiger partial charge >= 0.3 is 0 Å². The van der Waals surface area contributed by atoms with Crippen LogP contribution in [0.25, 0.3) is 0 Å². The molecule has 6 nitrogen and oxygen atoms in total. The number of carbonyl (C=O) groups excluding carboxylic acids is 1. The van der Waals surface area contributed by atoms with Crippen molar-refractivity contribution in [3.05, 3.63) is 35.7 Å². The van der Waals surface area contributed by atoms with Crippen LogP contribution in [0.1, 0.15) is 61.7 Å². The van der Waals surface area contributed by atoms with Crippen molar-refractivity contribution in [2.24, 2.45) is 5.92 Å². The van der Waals surface area contributed by atoms with Gasteiger partial charge in [-0.2, -0.15) is 5.10 Å². The lowest BCUT2D eigenvalue weighted by molar-refractivity contribution is 0.0664. The van der Waals surface area contributed by atoms with Gasteiger partial charge in [0.25, 0.3) is 5.91 Å². The number of amides is 1. The van der Waals surface area contributed by atoms with Gasteiger partial charge in [0.15, 0.2) is 0 Å². The maximum Gasteiger partial charge on any atom is 0.274 e. The zero-order valence-electron chi connectivity index (χ0n) is 15.8. The van der Waals surface area contributed by atoms with Gasteiger partial charge in [-0.05, 0) is 52.5 Å². The highest BCUT2D eigenvalue weighted by Gasteiger charge is 2.27. The van der Waals surface area contributed by atoms with E-state index >= 15 is 0 Å². The molecular weight excluding hydrogens is 314 g/mol. The average molecular weight is 343 g/mol. The van der Waals surface area contributed by atoms with Gasteiger partial charge in [0.2, 0.25) is 0 Å². The molecule has 0 saturated carbocycles. The first-order valence-electron chi connectivity index (χ1n) is 9.35. The molecule has 0 bridgehead atoms. The summed E-state index contributed by atoms with van der Waals surface area (Å²) in [5.74, 6) is 1.66. The first-order chi connectivity index (χ1) is 12.0. The first-order valence-corrected chi connectivity index (χ1v) is 9.35. The largest absolute Gasteiger partial charge is 0.337 e. The molecule has 1 atom stereocenters. The maximum absolute atomic E-state index is 12.7. The first kappa shape index (κ1) is 17.7. The number of aromatic nitrogens is 4. The fraction of sp³-hybridized carbons (Fsp3) is 0.632. The van der Waals surface area contributed by atoms with Crippen LogP contribution in [0.15, 0.2) is 18.5 Å². The highest BCUT2D eigenvalue weighted by molar-refractivity contribution is 5.92. The average Bonchev–Trinajstić information content (AvgIpc) is 3.21. The van der Waals surface area contributed by atoms with Gasteiger partial charge < -0.3 is 9.47 Å². The molecule has 2 aromatic rings. The maximum atomic E-state index is 12.7. The third-order valence-electron chi connectivity index (χ3n) is 5.04. The minimum absolute atomic E-state index is 0.0558. The molecular formula is C19H29N5O. The quantitative estimate of drug-likeness (QED) is 0.838. The van der Waals surface area contributed by atoms with Gasteiger partial charge in [-0.15, -0.1) is 0 Å². The predicted octanol–water partition coefficient (Wildman–Crippen LogP) is 3.08. The van der Waals surface area contributed by atoms with Crippen LogP contribution in [0.3, 0.4) is 0 Å². The van der Waals surface area contributed by atoms with Crippen molar-refractivity contribution in [1.82, 2.24) is 24.2 Å². The lowest BCUT2D eigenvalue weighted by atomic mass is 9.94. The lowest BCUT2D eigenvalue weighted by Crippen LogP contribution is -2.41. The molecule has 25 heavy (non-hydrogen) atoms. The summed E-state index contributed by atoms with van der Waals surface area (Å²) in [7, 11) is 0. The smallest absolute Gasteiger partial charge is 0.274 e. The molecule has 0 aliphatic carbocycles. The second-order valence-electron chi connectivity index (χ2n) is 7.30. The number of carbonyl (C=O) groups is 1. The molecule has 1 saturated heterocycles. The van der Waals surface area contributed by atoms with E-state index in [0.29, 0.717) is 17.7 Å². The van der Waals surface area contributed by atoms with E-state index in [0.717, 1.165) is 44.7 Å². The summed E-state index contributed by atoms with van der Waals surface area (Å²) >= 11 is 0. The number of aryl methyl sites for hydroxylation is 2. The molecule has 0 radical (unpaired) electrons. The van der Waals surface area contributed by atoms with E-state index in [9.17, 15) is 4.79 Å². The van der Waals surface area contributed by atoms with Crippen molar-refractivity contribution < 1.29 is 4.79 Å². The van der Waals surface area contributed by atoms with E-state index in [2.05, 4.69) is 35.4 Å². The van der Waals surface area contributed by atoms with Crippen LogP contribution in [-0.2, 0) is 13.0 Å². The lowest BCUT2D eigenvalue weighted by Gasteiger charge is -2.32. The molecule has 136 valence electrons. The number of hydrogen-bond donors (Lipinski definition) is 0. The Hall–Kier alpha value is -2.11. The summed E-state index contributed by atoms with van der Waals surface area (Å²) in [6, 6.07) is 2.24. The Balaban J connectivity index is 1.68. The standard InChI is InChI=1S/C19H29N5O/c1-5-23-10-8-17(21-23)19(25)22-9-6-7-16(13-22)11-18-20-12-15(4)24(18)14(2)3/h8,10,12,14,16H,5-7,9,11,13H2,1-4H3. The van der Waals surface area contributed by atoms with Crippen molar-refractivity contribution in [3.8, 4) is 0 Å². The molecule has 0 aromatic carbocycles. The van der Waals surface area contributed by atoms with Gasteiger partial charge in [0.05, 0.1) is 0 Å². The Morgan fingerprint density at radius 2 is 2.20 bits per heavy atom. The van der Waals surface area contributed by atoms with E-state index < -0.39 is 0 Å². The summed E-state index contributed by atoms with van der Waals surface area (Å²) < 4.78 is 4.11. The molecule has 1 aliphatic rings. The van der Waals surface area contributed by atoms with E-state index in [1.807, 2.05) is 30.3 Å². The zero-order valence-corrected chi connectivity index (χ0v) is 15.8. The normalized spacial score (nSPS) is 18.1. The third kappa shape index (κ3) is 3.78. The van der Waals surface area contributed by atoms with Crippen LogP contribution in [0.2, 0.25) is 0 Å². The van der Waals surface area contributed by atoms with Crippen LogP contribution in [0.4, 0.5) is 0 Å². The fourth-order valence-corrected chi connectivity index (χ4v) is 3.84. The zero-order chi connectivity index (χ0) is 18.0. The van der Waals surface area contributed by atoms with Gasteiger partial charge in [-0.1, -0.05) is 0 Å².